The number of sulfonamides is 1. The molecule has 1 aromatic rings. The van der Waals surface area contributed by atoms with Gasteiger partial charge >= 0.3 is 5.97 Å². The molecule has 0 amide bonds. The van der Waals surface area contributed by atoms with Crippen molar-refractivity contribution < 1.29 is 23.1 Å². The van der Waals surface area contributed by atoms with Gasteiger partial charge in [-0.3, -0.25) is 9.59 Å². The molecule has 0 radical (unpaired) electrons. The van der Waals surface area contributed by atoms with Crippen LogP contribution >= 0.6 is 0 Å². The lowest BCUT2D eigenvalue weighted by molar-refractivity contribution is -0.140. The summed E-state index contributed by atoms with van der Waals surface area (Å²) in [6, 6.07) is 3.49. The second kappa shape index (κ2) is 5.48. The first kappa shape index (κ1) is 15.2. The van der Waals surface area contributed by atoms with E-state index in [9.17, 15) is 18.0 Å². The predicted molar refractivity (Wildman–Crippen MR) is 78.3 cm³/mol. The zero-order valence-corrected chi connectivity index (χ0v) is 12.8. The Balaban J connectivity index is 1.99. The van der Waals surface area contributed by atoms with Gasteiger partial charge in [-0.2, -0.15) is 4.31 Å². The third-order valence-corrected chi connectivity index (χ3v) is 6.23. The molecule has 0 spiro atoms. The number of benzene rings is 1. The molecule has 1 fully saturated rings. The Morgan fingerprint density at radius 1 is 1.23 bits per heavy atom. The Morgan fingerprint density at radius 3 is 2.73 bits per heavy atom. The van der Waals surface area contributed by atoms with Crippen molar-refractivity contribution in [2.24, 2.45) is 0 Å². The van der Waals surface area contributed by atoms with Gasteiger partial charge < -0.3 is 5.11 Å². The highest BCUT2D eigenvalue weighted by Crippen LogP contribution is 2.29. The highest BCUT2D eigenvalue weighted by Gasteiger charge is 2.39. The summed E-state index contributed by atoms with van der Waals surface area (Å²) in [5.41, 5.74) is 1.32. The van der Waals surface area contributed by atoms with Crippen LogP contribution in [0.1, 0.15) is 41.6 Å². The second-order valence-electron chi connectivity index (χ2n) is 5.71. The largest absolute Gasteiger partial charge is 0.480 e. The van der Waals surface area contributed by atoms with E-state index < -0.39 is 22.0 Å². The fraction of sp³-hybridized carbons (Fsp3) is 0.467. The summed E-state index contributed by atoms with van der Waals surface area (Å²) >= 11 is 0. The normalized spacial score (nSPS) is 22.5. The van der Waals surface area contributed by atoms with Crippen LogP contribution in [0.25, 0.3) is 0 Å². The monoisotopic (exact) mass is 323 g/mol. The molecule has 1 aliphatic heterocycles. The van der Waals surface area contributed by atoms with Gasteiger partial charge in [0, 0.05) is 18.5 Å². The first-order valence-electron chi connectivity index (χ1n) is 7.32. The van der Waals surface area contributed by atoms with E-state index in [1.165, 1.54) is 12.1 Å². The predicted octanol–water partition coefficient (Wildman–Crippen LogP) is 1.44. The SMILES string of the molecule is O=C1CCCc2cc(S(=O)(=O)N3CCCC3C(=O)O)ccc21. The summed E-state index contributed by atoms with van der Waals surface area (Å²) in [5.74, 6) is -1.08. The van der Waals surface area contributed by atoms with Crippen LogP contribution in [0.2, 0.25) is 0 Å². The van der Waals surface area contributed by atoms with E-state index in [0.717, 1.165) is 16.3 Å². The lowest BCUT2D eigenvalue weighted by atomic mass is 9.91. The molecule has 0 bridgehead atoms. The lowest BCUT2D eigenvalue weighted by Gasteiger charge is -2.22. The molecule has 1 atom stereocenters. The molecule has 7 heteroatoms. The second-order valence-corrected chi connectivity index (χ2v) is 7.60. The van der Waals surface area contributed by atoms with Gasteiger partial charge in [-0.1, -0.05) is 0 Å². The van der Waals surface area contributed by atoms with E-state index >= 15 is 0 Å². The molecular weight excluding hydrogens is 306 g/mol. The molecule has 1 N–H and O–H groups in total. The van der Waals surface area contributed by atoms with Gasteiger partial charge in [-0.15, -0.1) is 0 Å². The number of hydrogen-bond donors (Lipinski definition) is 1. The minimum atomic E-state index is -3.84. The topological polar surface area (TPSA) is 91.8 Å². The third kappa shape index (κ3) is 2.44. The minimum Gasteiger partial charge on any atom is -0.480 e. The van der Waals surface area contributed by atoms with Crippen LogP contribution in [0.5, 0.6) is 0 Å². The first-order valence-corrected chi connectivity index (χ1v) is 8.76. The number of carbonyl (C=O) groups is 2. The fourth-order valence-electron chi connectivity index (χ4n) is 3.19. The van der Waals surface area contributed by atoms with Crippen LogP contribution in [0, 0.1) is 0 Å². The molecule has 1 aliphatic carbocycles. The number of carboxylic acids is 1. The van der Waals surface area contributed by atoms with Gasteiger partial charge in [0.25, 0.3) is 0 Å². The van der Waals surface area contributed by atoms with Crippen LogP contribution < -0.4 is 0 Å². The summed E-state index contributed by atoms with van der Waals surface area (Å²) in [4.78, 5) is 23.1. The van der Waals surface area contributed by atoms with Crippen molar-refractivity contribution in [2.45, 2.75) is 43.0 Å². The van der Waals surface area contributed by atoms with E-state index in [4.69, 9.17) is 5.11 Å². The number of aryl methyl sites for hydroxylation is 1. The average Bonchev–Trinajstić information content (AvgIpc) is 2.97. The smallest absolute Gasteiger partial charge is 0.322 e. The molecule has 2 aliphatic rings. The van der Waals surface area contributed by atoms with Gasteiger partial charge in [-0.25, -0.2) is 8.42 Å². The van der Waals surface area contributed by atoms with Gasteiger partial charge in [0.15, 0.2) is 5.78 Å². The van der Waals surface area contributed by atoms with E-state index in [-0.39, 0.29) is 17.2 Å². The van der Waals surface area contributed by atoms with Crippen LogP contribution in [-0.4, -0.2) is 42.2 Å². The van der Waals surface area contributed by atoms with Crippen molar-refractivity contribution in [1.82, 2.24) is 4.31 Å². The maximum absolute atomic E-state index is 12.7. The number of ketones is 1. The van der Waals surface area contributed by atoms with Crippen molar-refractivity contribution in [3.05, 3.63) is 29.3 Å². The van der Waals surface area contributed by atoms with Gasteiger partial charge in [0.2, 0.25) is 10.0 Å². The van der Waals surface area contributed by atoms with Crippen LogP contribution in [-0.2, 0) is 21.2 Å². The molecule has 3 rings (SSSR count). The minimum absolute atomic E-state index is 0.0368. The van der Waals surface area contributed by atoms with E-state index in [0.29, 0.717) is 31.2 Å². The molecule has 1 aromatic carbocycles. The summed E-state index contributed by atoms with van der Waals surface area (Å²) in [5, 5.41) is 9.17. The Hall–Kier alpha value is -1.73. The Morgan fingerprint density at radius 2 is 2.00 bits per heavy atom. The highest BCUT2D eigenvalue weighted by atomic mass is 32.2. The first-order chi connectivity index (χ1) is 10.4. The standard InChI is InChI=1S/C15H17NO5S/c17-14-5-1-3-10-9-11(6-7-12(10)14)22(20,21)16-8-2-4-13(16)15(18)19/h6-7,9,13H,1-5,8H2,(H,18,19). The maximum atomic E-state index is 12.7. The van der Waals surface area contributed by atoms with Crippen molar-refractivity contribution in [1.29, 1.82) is 0 Å². The molecule has 0 saturated carbocycles. The zero-order chi connectivity index (χ0) is 15.9. The molecule has 22 heavy (non-hydrogen) atoms. The Kier molecular flexibility index (Phi) is 3.78. The maximum Gasteiger partial charge on any atom is 0.322 e. The summed E-state index contributed by atoms with van der Waals surface area (Å²) in [6.07, 6.45) is 2.76. The molecule has 1 heterocycles. The average molecular weight is 323 g/mol. The number of carbonyl (C=O) groups excluding carboxylic acids is 1. The van der Waals surface area contributed by atoms with Crippen LogP contribution in [0.3, 0.4) is 0 Å². The van der Waals surface area contributed by atoms with Crippen molar-refractivity contribution in [2.75, 3.05) is 6.54 Å². The number of hydrogen-bond acceptors (Lipinski definition) is 4. The van der Waals surface area contributed by atoms with Gasteiger partial charge in [0.05, 0.1) is 4.90 Å². The lowest BCUT2D eigenvalue weighted by Crippen LogP contribution is -2.40. The number of rotatable bonds is 3. The Labute approximate surface area is 128 Å². The molecule has 6 nitrogen and oxygen atoms in total. The van der Waals surface area contributed by atoms with E-state index in [1.807, 2.05) is 0 Å². The van der Waals surface area contributed by atoms with Crippen molar-refractivity contribution in [3.63, 3.8) is 0 Å². The van der Waals surface area contributed by atoms with Gasteiger partial charge in [0.1, 0.15) is 6.04 Å². The van der Waals surface area contributed by atoms with Crippen LogP contribution in [0.15, 0.2) is 23.1 Å². The molecule has 1 saturated heterocycles. The molecule has 1 unspecified atom stereocenters. The van der Waals surface area contributed by atoms with Gasteiger partial charge in [-0.05, 0) is 49.4 Å². The highest BCUT2D eigenvalue weighted by molar-refractivity contribution is 7.89. The molecule has 0 aromatic heterocycles. The number of nitrogens with zero attached hydrogens (tertiary/aromatic N) is 1. The number of carboxylic acid groups (broad SMARTS) is 1. The summed E-state index contributed by atoms with van der Waals surface area (Å²) in [6.45, 7) is 0.218. The van der Waals surface area contributed by atoms with Crippen LogP contribution in [0.4, 0.5) is 0 Å². The van der Waals surface area contributed by atoms with E-state index in [1.54, 1.807) is 6.07 Å². The third-order valence-electron chi connectivity index (χ3n) is 4.32. The number of aliphatic carboxylic acids is 1. The van der Waals surface area contributed by atoms with Crippen molar-refractivity contribution >= 4 is 21.8 Å². The molecular formula is C15H17NO5S. The molecule has 118 valence electrons. The van der Waals surface area contributed by atoms with Crippen molar-refractivity contribution in [3.8, 4) is 0 Å². The fourth-order valence-corrected chi connectivity index (χ4v) is 4.90. The Bertz CT molecular complexity index is 740. The summed E-state index contributed by atoms with van der Waals surface area (Å²) in [7, 11) is -3.84. The number of fused-ring (bicyclic) bond motifs is 1. The van der Waals surface area contributed by atoms with E-state index in [2.05, 4.69) is 0 Å². The number of Topliss-reactive ketones (excluding diaryl/α,β-unsaturated/α-hetero) is 1. The zero-order valence-electron chi connectivity index (χ0n) is 12.0. The summed E-state index contributed by atoms with van der Waals surface area (Å²) < 4.78 is 26.4. The quantitative estimate of drug-likeness (QED) is 0.909.